The summed E-state index contributed by atoms with van der Waals surface area (Å²) >= 11 is 0. The lowest BCUT2D eigenvalue weighted by Gasteiger charge is -2.16. The number of rotatable bonds is 3. The van der Waals surface area contributed by atoms with Gasteiger partial charge in [0.25, 0.3) is 0 Å². The van der Waals surface area contributed by atoms with Crippen LogP contribution in [-0.2, 0) is 6.42 Å². The standard InChI is InChI=1S/C14H18FN3/c1-4-14-17-5-6-18(14)13-7-9(2)12(15)8-11(13)10(3)16/h5-8,10H,4,16H2,1-3H3/t10-/m1/s1. The fraction of sp³-hybridized carbons (Fsp3) is 0.357. The molecule has 0 radical (unpaired) electrons. The Bertz CT molecular complexity index is 558. The summed E-state index contributed by atoms with van der Waals surface area (Å²) in [5.41, 5.74) is 8.26. The Morgan fingerprint density at radius 3 is 2.78 bits per heavy atom. The molecule has 2 N–H and O–H groups in total. The Balaban J connectivity index is 2.66. The third-order valence-corrected chi connectivity index (χ3v) is 3.09. The molecular formula is C14H18FN3. The highest BCUT2D eigenvalue weighted by Gasteiger charge is 2.14. The van der Waals surface area contributed by atoms with E-state index in [1.807, 2.05) is 30.7 Å². The maximum atomic E-state index is 13.7. The number of nitrogens with zero attached hydrogens (tertiary/aromatic N) is 2. The van der Waals surface area contributed by atoms with Crippen LogP contribution in [0.15, 0.2) is 24.5 Å². The first-order valence-corrected chi connectivity index (χ1v) is 6.12. The summed E-state index contributed by atoms with van der Waals surface area (Å²) in [5.74, 6) is 0.729. The van der Waals surface area contributed by atoms with E-state index in [0.29, 0.717) is 5.56 Å². The molecule has 1 aromatic heterocycles. The first-order valence-electron chi connectivity index (χ1n) is 6.12. The average molecular weight is 247 g/mol. The second-order valence-corrected chi connectivity index (χ2v) is 4.52. The topological polar surface area (TPSA) is 43.8 Å². The Hall–Kier alpha value is -1.68. The maximum Gasteiger partial charge on any atom is 0.126 e. The number of hydrogen-bond donors (Lipinski definition) is 1. The molecule has 4 heteroatoms. The molecule has 0 spiro atoms. The molecule has 0 aliphatic rings. The van der Waals surface area contributed by atoms with Gasteiger partial charge in [-0.15, -0.1) is 0 Å². The van der Waals surface area contributed by atoms with Crippen LogP contribution in [0.25, 0.3) is 5.69 Å². The van der Waals surface area contributed by atoms with Crippen LogP contribution in [0.5, 0.6) is 0 Å². The number of halogens is 1. The van der Waals surface area contributed by atoms with Crippen LogP contribution in [0.2, 0.25) is 0 Å². The van der Waals surface area contributed by atoms with Crippen LogP contribution in [0.4, 0.5) is 4.39 Å². The van der Waals surface area contributed by atoms with Gasteiger partial charge < -0.3 is 10.3 Å². The summed E-state index contributed by atoms with van der Waals surface area (Å²) in [6.45, 7) is 5.66. The van der Waals surface area contributed by atoms with Crippen molar-refractivity contribution in [1.82, 2.24) is 9.55 Å². The molecular weight excluding hydrogens is 229 g/mol. The molecule has 0 fully saturated rings. The Morgan fingerprint density at radius 2 is 2.17 bits per heavy atom. The quantitative estimate of drug-likeness (QED) is 0.906. The fourth-order valence-electron chi connectivity index (χ4n) is 2.07. The van der Waals surface area contributed by atoms with Gasteiger partial charge in [-0.25, -0.2) is 9.37 Å². The number of benzene rings is 1. The summed E-state index contributed by atoms with van der Waals surface area (Å²) in [6.07, 6.45) is 4.46. The molecule has 2 aromatic rings. The number of imidazole rings is 1. The second kappa shape index (κ2) is 4.90. The van der Waals surface area contributed by atoms with Gasteiger partial charge in [-0.1, -0.05) is 6.92 Å². The van der Waals surface area contributed by atoms with E-state index in [1.165, 1.54) is 6.07 Å². The molecule has 96 valence electrons. The van der Waals surface area contributed by atoms with Gasteiger partial charge in [0.05, 0.1) is 5.69 Å². The minimum atomic E-state index is -0.220. The van der Waals surface area contributed by atoms with Gasteiger partial charge in [0.2, 0.25) is 0 Å². The minimum Gasteiger partial charge on any atom is -0.324 e. The molecule has 1 aromatic carbocycles. The van der Waals surface area contributed by atoms with Gasteiger partial charge >= 0.3 is 0 Å². The largest absolute Gasteiger partial charge is 0.324 e. The monoisotopic (exact) mass is 247 g/mol. The molecule has 0 bridgehead atoms. The predicted octanol–water partition coefficient (Wildman–Crippen LogP) is 2.90. The van der Waals surface area contributed by atoms with Crippen molar-refractivity contribution in [3.05, 3.63) is 47.3 Å². The molecule has 3 nitrogen and oxygen atoms in total. The zero-order valence-corrected chi connectivity index (χ0v) is 10.9. The molecule has 0 unspecified atom stereocenters. The van der Waals surface area contributed by atoms with Crippen LogP contribution >= 0.6 is 0 Å². The smallest absolute Gasteiger partial charge is 0.126 e. The summed E-state index contributed by atoms with van der Waals surface area (Å²) in [6, 6.07) is 3.13. The van der Waals surface area contributed by atoms with Gasteiger partial charge in [0, 0.05) is 24.9 Å². The highest BCUT2D eigenvalue weighted by molar-refractivity contribution is 5.46. The first-order chi connectivity index (χ1) is 8.54. The van der Waals surface area contributed by atoms with Crippen molar-refractivity contribution >= 4 is 0 Å². The van der Waals surface area contributed by atoms with Crippen molar-refractivity contribution in [2.45, 2.75) is 33.2 Å². The van der Waals surface area contributed by atoms with E-state index >= 15 is 0 Å². The average Bonchev–Trinajstić information content (AvgIpc) is 2.79. The van der Waals surface area contributed by atoms with Crippen molar-refractivity contribution in [1.29, 1.82) is 0 Å². The molecule has 0 aliphatic heterocycles. The number of aryl methyl sites for hydroxylation is 2. The van der Waals surface area contributed by atoms with Crippen molar-refractivity contribution in [2.24, 2.45) is 5.73 Å². The van der Waals surface area contributed by atoms with Gasteiger partial charge in [-0.05, 0) is 37.1 Å². The number of hydrogen-bond acceptors (Lipinski definition) is 2. The molecule has 0 saturated carbocycles. The first kappa shape index (κ1) is 12.8. The van der Waals surface area contributed by atoms with E-state index in [0.717, 1.165) is 23.5 Å². The normalized spacial score (nSPS) is 12.7. The fourth-order valence-corrected chi connectivity index (χ4v) is 2.07. The lowest BCUT2D eigenvalue weighted by Crippen LogP contribution is -2.12. The highest BCUT2D eigenvalue weighted by Crippen LogP contribution is 2.25. The van der Waals surface area contributed by atoms with Crippen LogP contribution in [0.3, 0.4) is 0 Å². The third kappa shape index (κ3) is 2.16. The highest BCUT2D eigenvalue weighted by atomic mass is 19.1. The van der Waals surface area contributed by atoms with Gasteiger partial charge in [0.1, 0.15) is 11.6 Å². The van der Waals surface area contributed by atoms with Crippen LogP contribution in [0, 0.1) is 12.7 Å². The molecule has 0 saturated heterocycles. The molecule has 1 atom stereocenters. The van der Waals surface area contributed by atoms with Gasteiger partial charge in [0.15, 0.2) is 0 Å². The molecule has 0 amide bonds. The molecule has 1 heterocycles. The zero-order valence-electron chi connectivity index (χ0n) is 10.9. The summed E-state index contributed by atoms with van der Waals surface area (Å²) in [4.78, 5) is 4.29. The van der Waals surface area contributed by atoms with Crippen LogP contribution < -0.4 is 5.73 Å². The zero-order chi connectivity index (χ0) is 13.3. The van der Waals surface area contributed by atoms with E-state index in [-0.39, 0.29) is 11.9 Å². The number of aromatic nitrogens is 2. The molecule has 2 rings (SSSR count). The SMILES string of the molecule is CCc1nccn1-c1cc(C)c(F)cc1[C@@H](C)N. The van der Waals surface area contributed by atoms with Crippen molar-refractivity contribution < 1.29 is 4.39 Å². The van der Waals surface area contributed by atoms with E-state index in [4.69, 9.17) is 5.73 Å². The van der Waals surface area contributed by atoms with Gasteiger partial charge in [-0.2, -0.15) is 0 Å². The maximum absolute atomic E-state index is 13.7. The Kier molecular flexibility index (Phi) is 3.48. The van der Waals surface area contributed by atoms with Crippen molar-refractivity contribution in [3.8, 4) is 5.69 Å². The van der Waals surface area contributed by atoms with Crippen LogP contribution in [-0.4, -0.2) is 9.55 Å². The summed E-state index contributed by atoms with van der Waals surface area (Å²) in [7, 11) is 0. The van der Waals surface area contributed by atoms with Gasteiger partial charge in [-0.3, -0.25) is 0 Å². The summed E-state index contributed by atoms with van der Waals surface area (Å²) in [5, 5.41) is 0. The lowest BCUT2D eigenvalue weighted by atomic mass is 10.0. The number of nitrogens with two attached hydrogens (primary N) is 1. The van der Waals surface area contributed by atoms with Crippen LogP contribution in [0.1, 0.15) is 36.8 Å². The van der Waals surface area contributed by atoms with E-state index in [9.17, 15) is 4.39 Å². The minimum absolute atomic E-state index is 0.218. The molecule has 18 heavy (non-hydrogen) atoms. The summed E-state index contributed by atoms with van der Waals surface area (Å²) < 4.78 is 15.6. The van der Waals surface area contributed by atoms with E-state index in [1.54, 1.807) is 13.1 Å². The van der Waals surface area contributed by atoms with Crippen molar-refractivity contribution in [2.75, 3.05) is 0 Å². The Morgan fingerprint density at radius 1 is 1.44 bits per heavy atom. The van der Waals surface area contributed by atoms with E-state index in [2.05, 4.69) is 4.98 Å². The van der Waals surface area contributed by atoms with Crippen molar-refractivity contribution in [3.63, 3.8) is 0 Å². The molecule has 0 aliphatic carbocycles. The predicted molar refractivity (Wildman–Crippen MR) is 70.2 cm³/mol. The Labute approximate surface area is 106 Å². The second-order valence-electron chi connectivity index (χ2n) is 4.52. The third-order valence-electron chi connectivity index (χ3n) is 3.09. The van der Waals surface area contributed by atoms with E-state index < -0.39 is 0 Å². The lowest BCUT2D eigenvalue weighted by molar-refractivity contribution is 0.611.